The molecule has 0 amide bonds. The van der Waals surface area contributed by atoms with Gasteiger partial charge < -0.3 is 10.1 Å². The standard InChI is InChI=1S/C22H23Cl2NOS/c23-14-5-6-16(19(24)11-14)13-9-17-18-12-25-8-7-20(18)26-22(17)21(10-13)27-15-3-1-2-4-15/h5-6,9-11,15,18,20,25H,1-4,7-8,12H2. The maximum absolute atomic E-state index is 6.54. The lowest BCUT2D eigenvalue weighted by molar-refractivity contribution is 0.169. The number of nitrogens with one attached hydrogen (secondary N) is 1. The molecular weight excluding hydrogens is 397 g/mol. The predicted molar refractivity (Wildman–Crippen MR) is 115 cm³/mol. The lowest BCUT2D eigenvalue weighted by Crippen LogP contribution is -2.37. The summed E-state index contributed by atoms with van der Waals surface area (Å²) >= 11 is 14.7. The van der Waals surface area contributed by atoms with Crippen molar-refractivity contribution in [3.05, 3.63) is 45.9 Å². The molecule has 2 aromatic carbocycles. The maximum Gasteiger partial charge on any atom is 0.137 e. The molecule has 0 radical (unpaired) electrons. The van der Waals surface area contributed by atoms with Gasteiger partial charge in [0.1, 0.15) is 11.9 Å². The molecule has 3 aliphatic rings. The van der Waals surface area contributed by atoms with Gasteiger partial charge in [-0.3, -0.25) is 0 Å². The van der Waals surface area contributed by atoms with Gasteiger partial charge in [0, 0.05) is 38.9 Å². The first-order valence-corrected chi connectivity index (χ1v) is 11.5. The van der Waals surface area contributed by atoms with E-state index in [0.29, 0.717) is 27.3 Å². The summed E-state index contributed by atoms with van der Waals surface area (Å²) in [4.78, 5) is 1.29. The van der Waals surface area contributed by atoms with Crippen LogP contribution in [0, 0.1) is 0 Å². The van der Waals surface area contributed by atoms with Gasteiger partial charge in [0.05, 0.1) is 4.90 Å². The molecule has 2 aliphatic heterocycles. The predicted octanol–water partition coefficient (Wildman–Crippen LogP) is 6.53. The molecule has 1 N–H and O–H groups in total. The van der Waals surface area contributed by atoms with Crippen molar-refractivity contribution >= 4 is 35.0 Å². The Morgan fingerprint density at radius 3 is 2.70 bits per heavy atom. The van der Waals surface area contributed by atoms with Crippen LogP contribution in [0.1, 0.15) is 43.6 Å². The van der Waals surface area contributed by atoms with Crippen LogP contribution in [-0.2, 0) is 0 Å². The summed E-state index contributed by atoms with van der Waals surface area (Å²) < 4.78 is 6.48. The zero-order chi connectivity index (χ0) is 18.4. The van der Waals surface area contributed by atoms with E-state index in [-0.39, 0.29) is 0 Å². The van der Waals surface area contributed by atoms with E-state index in [0.717, 1.165) is 30.8 Å². The average Bonchev–Trinajstić information content (AvgIpc) is 3.29. The highest BCUT2D eigenvalue weighted by atomic mass is 35.5. The molecule has 2 atom stereocenters. The van der Waals surface area contributed by atoms with Gasteiger partial charge >= 0.3 is 0 Å². The fraction of sp³-hybridized carbons (Fsp3) is 0.455. The van der Waals surface area contributed by atoms with E-state index in [1.54, 1.807) is 0 Å². The first kappa shape index (κ1) is 18.2. The molecule has 2 unspecified atom stereocenters. The van der Waals surface area contributed by atoms with Crippen LogP contribution in [0.2, 0.25) is 10.0 Å². The van der Waals surface area contributed by atoms with E-state index in [4.69, 9.17) is 27.9 Å². The Labute approximate surface area is 175 Å². The number of piperidine rings is 1. The SMILES string of the molecule is Clc1ccc(-c2cc(SC3CCCC3)c3c(c2)C2CNCCC2O3)c(Cl)c1. The van der Waals surface area contributed by atoms with Crippen molar-refractivity contribution in [2.24, 2.45) is 0 Å². The van der Waals surface area contributed by atoms with E-state index in [1.165, 1.54) is 41.7 Å². The van der Waals surface area contributed by atoms with Gasteiger partial charge in [-0.25, -0.2) is 0 Å². The second-order valence-corrected chi connectivity index (χ2v) is 9.98. The zero-order valence-electron chi connectivity index (χ0n) is 15.1. The molecule has 2 heterocycles. The van der Waals surface area contributed by atoms with Gasteiger partial charge in [0.15, 0.2) is 0 Å². The third-order valence-corrected chi connectivity index (χ3v) is 7.92. The summed E-state index contributed by atoms with van der Waals surface area (Å²) in [7, 11) is 0. The Kier molecular flexibility index (Phi) is 5.06. The fourth-order valence-corrected chi connectivity index (χ4v) is 6.53. The average molecular weight is 420 g/mol. The fourth-order valence-electron chi connectivity index (χ4n) is 4.61. The van der Waals surface area contributed by atoms with Crippen molar-refractivity contribution in [1.29, 1.82) is 0 Å². The Hall–Kier alpha value is -0.870. The second kappa shape index (κ2) is 7.51. The molecular formula is C22H23Cl2NOS. The topological polar surface area (TPSA) is 21.3 Å². The van der Waals surface area contributed by atoms with Crippen molar-refractivity contribution in [3.8, 4) is 16.9 Å². The molecule has 0 aromatic heterocycles. The van der Waals surface area contributed by atoms with Crippen molar-refractivity contribution in [1.82, 2.24) is 5.32 Å². The quantitative estimate of drug-likeness (QED) is 0.610. The van der Waals surface area contributed by atoms with E-state index in [9.17, 15) is 0 Å². The molecule has 27 heavy (non-hydrogen) atoms. The summed E-state index contributed by atoms with van der Waals surface area (Å²) in [5.74, 6) is 1.56. The number of hydrogen-bond acceptors (Lipinski definition) is 3. The zero-order valence-corrected chi connectivity index (χ0v) is 17.5. The molecule has 1 saturated heterocycles. The Balaban J connectivity index is 1.60. The molecule has 1 aliphatic carbocycles. The van der Waals surface area contributed by atoms with Crippen LogP contribution in [-0.4, -0.2) is 24.4 Å². The van der Waals surface area contributed by atoms with Crippen LogP contribution in [0.3, 0.4) is 0 Å². The van der Waals surface area contributed by atoms with Gasteiger partial charge in [-0.05, 0) is 55.6 Å². The van der Waals surface area contributed by atoms with Crippen LogP contribution in [0.25, 0.3) is 11.1 Å². The minimum atomic E-state index is 0.306. The van der Waals surface area contributed by atoms with Crippen molar-refractivity contribution < 1.29 is 4.74 Å². The third-order valence-electron chi connectivity index (χ3n) is 6.01. The molecule has 0 spiro atoms. The molecule has 2 fully saturated rings. The monoisotopic (exact) mass is 419 g/mol. The summed E-state index contributed by atoms with van der Waals surface area (Å²) in [6.07, 6.45) is 6.68. The highest BCUT2D eigenvalue weighted by molar-refractivity contribution is 8.00. The summed E-state index contributed by atoms with van der Waals surface area (Å²) in [5, 5.41) is 5.62. The number of benzene rings is 2. The summed E-state index contributed by atoms with van der Waals surface area (Å²) in [6, 6.07) is 10.4. The first-order valence-electron chi connectivity index (χ1n) is 9.86. The lowest BCUT2D eigenvalue weighted by atomic mass is 9.89. The Morgan fingerprint density at radius 1 is 1.04 bits per heavy atom. The third kappa shape index (κ3) is 3.48. The smallest absolute Gasteiger partial charge is 0.137 e. The minimum absolute atomic E-state index is 0.306. The first-order chi connectivity index (χ1) is 13.2. The molecule has 2 aromatic rings. The van der Waals surface area contributed by atoms with Crippen molar-refractivity contribution in [2.75, 3.05) is 13.1 Å². The normalized spacial score (nSPS) is 24.5. The number of thioether (sulfide) groups is 1. The highest BCUT2D eigenvalue weighted by Gasteiger charge is 2.38. The number of rotatable bonds is 3. The van der Waals surface area contributed by atoms with E-state index < -0.39 is 0 Å². The van der Waals surface area contributed by atoms with Crippen LogP contribution >= 0.6 is 35.0 Å². The van der Waals surface area contributed by atoms with Crippen LogP contribution < -0.4 is 10.1 Å². The largest absolute Gasteiger partial charge is 0.488 e. The summed E-state index contributed by atoms with van der Waals surface area (Å²) in [6.45, 7) is 2.03. The number of hydrogen-bond donors (Lipinski definition) is 1. The van der Waals surface area contributed by atoms with E-state index in [1.807, 2.05) is 30.0 Å². The number of halogens is 2. The molecule has 142 valence electrons. The van der Waals surface area contributed by atoms with Gasteiger partial charge in [0.25, 0.3) is 0 Å². The van der Waals surface area contributed by atoms with Gasteiger partial charge in [-0.2, -0.15) is 0 Å². The van der Waals surface area contributed by atoms with Crippen molar-refractivity contribution in [3.63, 3.8) is 0 Å². The Morgan fingerprint density at radius 2 is 1.89 bits per heavy atom. The van der Waals surface area contributed by atoms with Crippen LogP contribution in [0.5, 0.6) is 5.75 Å². The lowest BCUT2D eigenvalue weighted by Gasteiger charge is -2.24. The van der Waals surface area contributed by atoms with Gasteiger partial charge in [0.2, 0.25) is 0 Å². The van der Waals surface area contributed by atoms with E-state index >= 15 is 0 Å². The van der Waals surface area contributed by atoms with Crippen LogP contribution in [0.15, 0.2) is 35.2 Å². The minimum Gasteiger partial charge on any atom is -0.488 e. The molecule has 5 rings (SSSR count). The van der Waals surface area contributed by atoms with Gasteiger partial charge in [-0.1, -0.05) is 42.1 Å². The van der Waals surface area contributed by atoms with Crippen LogP contribution in [0.4, 0.5) is 0 Å². The van der Waals surface area contributed by atoms with Gasteiger partial charge in [-0.15, -0.1) is 11.8 Å². The van der Waals surface area contributed by atoms with Crippen molar-refractivity contribution in [2.45, 2.75) is 54.3 Å². The second-order valence-electron chi connectivity index (χ2n) is 7.80. The maximum atomic E-state index is 6.54. The number of fused-ring (bicyclic) bond motifs is 3. The molecule has 5 heteroatoms. The Bertz CT molecular complexity index is 866. The van der Waals surface area contributed by atoms with E-state index in [2.05, 4.69) is 17.4 Å². The highest BCUT2D eigenvalue weighted by Crippen LogP contribution is 2.50. The molecule has 1 saturated carbocycles. The molecule has 0 bridgehead atoms. The number of ether oxygens (including phenoxy) is 1. The molecule has 2 nitrogen and oxygen atoms in total. The summed E-state index contributed by atoms with van der Waals surface area (Å²) in [5.41, 5.74) is 3.56.